The van der Waals surface area contributed by atoms with Crippen molar-refractivity contribution in [3.8, 4) is 11.8 Å². The van der Waals surface area contributed by atoms with Crippen molar-refractivity contribution in [1.82, 2.24) is 0 Å². The third-order valence-electron chi connectivity index (χ3n) is 3.13. The molecule has 0 fully saturated rings. The van der Waals surface area contributed by atoms with Gasteiger partial charge in [-0.25, -0.2) is 0 Å². The minimum Gasteiger partial charge on any atom is -0.495 e. The maximum Gasteiger partial charge on any atom is 0.289 e. The summed E-state index contributed by atoms with van der Waals surface area (Å²) in [6.45, 7) is 0. The molecule has 0 spiro atoms. The number of anilines is 2. The first-order valence-corrected chi connectivity index (χ1v) is 6.13. The molecule has 2 rings (SSSR count). The van der Waals surface area contributed by atoms with Crippen molar-refractivity contribution in [1.29, 1.82) is 5.26 Å². The summed E-state index contributed by atoms with van der Waals surface area (Å²) in [6.07, 6.45) is 0. The Bertz CT molecular complexity index is 722. The third kappa shape index (κ3) is 2.77. The Balaban J connectivity index is 2.49. The number of rotatable bonds is 4. The second-order valence-electron chi connectivity index (χ2n) is 4.30. The molecule has 0 saturated heterocycles. The molecular weight excluding hydrogens is 270 g/mol. The molecule has 0 aliphatic rings. The van der Waals surface area contributed by atoms with Gasteiger partial charge in [-0.2, -0.15) is 5.26 Å². The van der Waals surface area contributed by atoms with Gasteiger partial charge in [0.05, 0.1) is 17.7 Å². The first-order valence-electron chi connectivity index (χ1n) is 6.13. The van der Waals surface area contributed by atoms with Gasteiger partial charge in [-0.1, -0.05) is 12.1 Å². The Morgan fingerprint density at radius 1 is 1.29 bits per heavy atom. The van der Waals surface area contributed by atoms with Gasteiger partial charge in [-0.15, -0.1) is 0 Å². The zero-order valence-electron chi connectivity index (χ0n) is 11.6. The number of methoxy groups -OCH3 is 1. The van der Waals surface area contributed by atoms with Crippen molar-refractivity contribution < 1.29 is 9.66 Å². The lowest BCUT2D eigenvalue weighted by atomic mass is 10.1. The zero-order chi connectivity index (χ0) is 15.4. The van der Waals surface area contributed by atoms with Crippen molar-refractivity contribution in [3.05, 3.63) is 58.1 Å². The largest absolute Gasteiger partial charge is 0.495 e. The number of nitro benzene ring substituents is 1. The molecule has 0 unspecified atom stereocenters. The quantitative estimate of drug-likeness (QED) is 0.635. The van der Waals surface area contributed by atoms with Crippen LogP contribution in [-0.4, -0.2) is 19.1 Å². The van der Waals surface area contributed by atoms with Gasteiger partial charge in [-0.3, -0.25) is 10.1 Å². The van der Waals surface area contributed by atoms with E-state index in [1.165, 1.54) is 12.1 Å². The number of para-hydroxylation sites is 2. The second-order valence-corrected chi connectivity index (χ2v) is 4.30. The molecule has 0 aliphatic heterocycles. The molecule has 2 aromatic rings. The lowest BCUT2D eigenvalue weighted by Crippen LogP contribution is -2.11. The van der Waals surface area contributed by atoms with E-state index in [2.05, 4.69) is 0 Å². The van der Waals surface area contributed by atoms with Crippen LogP contribution in [0.1, 0.15) is 5.56 Å². The van der Waals surface area contributed by atoms with Gasteiger partial charge in [0.15, 0.2) is 0 Å². The number of benzene rings is 2. The van der Waals surface area contributed by atoms with Gasteiger partial charge >= 0.3 is 0 Å². The minimum absolute atomic E-state index is 0.0391. The van der Waals surface area contributed by atoms with Gasteiger partial charge in [0.25, 0.3) is 5.69 Å². The number of nitriles is 1. The molecule has 2 aromatic carbocycles. The first kappa shape index (κ1) is 14.3. The average Bonchev–Trinajstić information content (AvgIpc) is 2.53. The van der Waals surface area contributed by atoms with Crippen molar-refractivity contribution in [3.63, 3.8) is 0 Å². The highest BCUT2D eigenvalue weighted by Crippen LogP contribution is 2.34. The van der Waals surface area contributed by atoms with Crippen LogP contribution in [0.15, 0.2) is 42.5 Å². The molecule has 0 radical (unpaired) electrons. The van der Waals surface area contributed by atoms with E-state index in [1.54, 1.807) is 25.1 Å². The molecule has 0 atom stereocenters. The van der Waals surface area contributed by atoms with Crippen molar-refractivity contribution in [2.24, 2.45) is 0 Å². The normalized spacial score (nSPS) is 9.76. The number of nitrogens with zero attached hydrogens (tertiary/aromatic N) is 3. The van der Waals surface area contributed by atoms with Crippen LogP contribution in [0.4, 0.5) is 17.1 Å². The van der Waals surface area contributed by atoms with E-state index in [0.717, 1.165) is 5.69 Å². The molecule has 6 heteroatoms. The highest BCUT2D eigenvalue weighted by molar-refractivity contribution is 5.71. The fourth-order valence-corrected chi connectivity index (χ4v) is 2.02. The molecule has 0 N–H and O–H groups in total. The number of hydrogen-bond donors (Lipinski definition) is 0. The predicted molar refractivity (Wildman–Crippen MR) is 78.9 cm³/mol. The average molecular weight is 283 g/mol. The van der Waals surface area contributed by atoms with E-state index in [0.29, 0.717) is 11.4 Å². The van der Waals surface area contributed by atoms with Gasteiger partial charge in [-0.05, 0) is 24.3 Å². The van der Waals surface area contributed by atoms with E-state index >= 15 is 0 Å². The second kappa shape index (κ2) is 5.92. The van der Waals surface area contributed by atoms with Crippen molar-refractivity contribution >= 4 is 17.1 Å². The molecule has 0 amide bonds. The lowest BCUT2D eigenvalue weighted by molar-refractivity contribution is -0.385. The topological polar surface area (TPSA) is 79.4 Å². The van der Waals surface area contributed by atoms with E-state index in [1.807, 2.05) is 30.3 Å². The summed E-state index contributed by atoms with van der Waals surface area (Å²) in [5.41, 5.74) is 1.21. The summed E-state index contributed by atoms with van der Waals surface area (Å²) in [7, 11) is 3.34. The van der Waals surface area contributed by atoms with E-state index < -0.39 is 4.92 Å². The maximum atomic E-state index is 11.0. The number of ether oxygens (including phenoxy) is 1. The zero-order valence-corrected chi connectivity index (χ0v) is 11.6. The molecule has 0 aliphatic carbocycles. The van der Waals surface area contributed by atoms with E-state index in [4.69, 9.17) is 10.00 Å². The fraction of sp³-hybridized carbons (Fsp3) is 0.133. The smallest absolute Gasteiger partial charge is 0.289 e. The maximum absolute atomic E-state index is 11.0. The Kier molecular flexibility index (Phi) is 4.05. The molecule has 0 heterocycles. The SMILES string of the molecule is COc1ccccc1N(C)c1ccc(C#N)c([N+](=O)[O-])c1. The van der Waals surface area contributed by atoms with Crippen LogP contribution in [0.2, 0.25) is 0 Å². The monoisotopic (exact) mass is 283 g/mol. The molecule has 0 aromatic heterocycles. The van der Waals surface area contributed by atoms with Crippen molar-refractivity contribution in [2.45, 2.75) is 0 Å². The van der Waals surface area contributed by atoms with Crippen LogP contribution in [0.3, 0.4) is 0 Å². The van der Waals surface area contributed by atoms with Gasteiger partial charge < -0.3 is 9.64 Å². The molecule has 0 saturated carbocycles. The molecular formula is C15H13N3O3. The van der Waals surface area contributed by atoms with Gasteiger partial charge in [0, 0.05) is 18.8 Å². The third-order valence-corrected chi connectivity index (χ3v) is 3.13. The van der Waals surface area contributed by atoms with Gasteiger partial charge in [0.2, 0.25) is 0 Å². The lowest BCUT2D eigenvalue weighted by Gasteiger charge is -2.21. The minimum atomic E-state index is -0.557. The van der Waals surface area contributed by atoms with Crippen LogP contribution in [-0.2, 0) is 0 Å². The summed E-state index contributed by atoms with van der Waals surface area (Å²) in [5, 5.41) is 19.9. The van der Waals surface area contributed by atoms with Crippen LogP contribution in [0, 0.1) is 21.4 Å². The summed E-state index contributed by atoms with van der Waals surface area (Å²) >= 11 is 0. The Hall–Kier alpha value is -3.07. The number of nitro groups is 1. The predicted octanol–water partition coefficient (Wildman–Crippen LogP) is 3.24. The van der Waals surface area contributed by atoms with E-state index in [-0.39, 0.29) is 11.3 Å². The summed E-state index contributed by atoms with van der Waals surface area (Å²) in [6, 6.07) is 13.7. The van der Waals surface area contributed by atoms with Crippen LogP contribution < -0.4 is 9.64 Å². The Morgan fingerprint density at radius 3 is 2.62 bits per heavy atom. The Morgan fingerprint density at radius 2 is 2.00 bits per heavy atom. The standard InChI is InChI=1S/C15H13N3O3/c1-17(13-5-3-4-6-15(13)21-2)12-8-7-11(10-16)14(9-12)18(19)20/h3-9H,1-2H3. The summed E-state index contributed by atoms with van der Waals surface area (Å²) in [4.78, 5) is 12.2. The summed E-state index contributed by atoms with van der Waals surface area (Å²) in [5.74, 6) is 0.659. The summed E-state index contributed by atoms with van der Waals surface area (Å²) < 4.78 is 5.28. The van der Waals surface area contributed by atoms with Gasteiger partial charge in [0.1, 0.15) is 17.4 Å². The van der Waals surface area contributed by atoms with Crippen LogP contribution in [0.25, 0.3) is 0 Å². The van der Waals surface area contributed by atoms with Crippen LogP contribution >= 0.6 is 0 Å². The molecule has 6 nitrogen and oxygen atoms in total. The fourth-order valence-electron chi connectivity index (χ4n) is 2.02. The number of hydrogen-bond acceptors (Lipinski definition) is 5. The highest BCUT2D eigenvalue weighted by Gasteiger charge is 2.17. The Labute approximate surface area is 122 Å². The molecule has 21 heavy (non-hydrogen) atoms. The first-order chi connectivity index (χ1) is 10.1. The highest BCUT2D eigenvalue weighted by atomic mass is 16.6. The van der Waals surface area contributed by atoms with E-state index in [9.17, 15) is 10.1 Å². The van der Waals surface area contributed by atoms with Crippen LogP contribution in [0.5, 0.6) is 5.75 Å². The van der Waals surface area contributed by atoms with Crippen molar-refractivity contribution in [2.75, 3.05) is 19.1 Å². The molecule has 106 valence electrons. The molecule has 0 bridgehead atoms.